The summed E-state index contributed by atoms with van der Waals surface area (Å²) in [5.41, 5.74) is 2.16. The van der Waals surface area contributed by atoms with E-state index in [1.165, 1.54) is 23.2 Å². The Morgan fingerprint density at radius 3 is 2.93 bits per heavy atom. The van der Waals surface area contributed by atoms with Gasteiger partial charge in [0.15, 0.2) is 5.13 Å². The summed E-state index contributed by atoms with van der Waals surface area (Å²) < 4.78 is 17.7. The van der Waals surface area contributed by atoms with Crippen molar-refractivity contribution < 1.29 is 19.0 Å². The Labute approximate surface area is 162 Å². The number of amides is 1. The molecule has 0 aliphatic carbocycles. The Kier molecular flexibility index (Phi) is 5.31. The summed E-state index contributed by atoms with van der Waals surface area (Å²) in [7, 11) is 0. The van der Waals surface area contributed by atoms with E-state index in [-0.39, 0.29) is 17.8 Å². The van der Waals surface area contributed by atoms with Gasteiger partial charge in [-0.25, -0.2) is 4.98 Å². The molecule has 2 aromatic rings. The Bertz CT molecular complexity index is 855. The summed E-state index contributed by atoms with van der Waals surface area (Å²) >= 11 is 1.53. The zero-order valence-electron chi connectivity index (χ0n) is 15.6. The second-order valence-electron chi connectivity index (χ2n) is 7.10. The Morgan fingerprint density at radius 2 is 2.22 bits per heavy atom. The molecule has 0 N–H and O–H groups in total. The molecule has 1 amide bonds. The number of hydrogen-bond donors (Lipinski definition) is 0. The maximum atomic E-state index is 13.1. The van der Waals surface area contributed by atoms with Crippen molar-refractivity contribution in [1.82, 2.24) is 4.98 Å². The number of fused-ring (bicyclic) bond motifs is 1. The number of carbonyl (C=O) groups excluding carboxylic acids is 1. The van der Waals surface area contributed by atoms with Crippen molar-refractivity contribution in [2.75, 3.05) is 31.3 Å². The van der Waals surface area contributed by atoms with Gasteiger partial charge in [0.05, 0.1) is 22.9 Å². The Hall–Kier alpha value is -2.12. The molecule has 0 saturated carbocycles. The van der Waals surface area contributed by atoms with E-state index in [0.717, 1.165) is 29.7 Å². The Balaban J connectivity index is 1.71. The monoisotopic (exact) mass is 388 g/mol. The van der Waals surface area contributed by atoms with Gasteiger partial charge in [-0.05, 0) is 30.4 Å². The second kappa shape index (κ2) is 7.86. The summed E-state index contributed by atoms with van der Waals surface area (Å²) in [6, 6.07) is 6.20. The molecule has 1 aromatic carbocycles. The molecule has 1 fully saturated rings. The predicted molar refractivity (Wildman–Crippen MR) is 105 cm³/mol. The fraction of sp³-hybridized carbons (Fsp3) is 0.500. The van der Waals surface area contributed by atoms with Crippen LogP contribution in [-0.2, 0) is 19.0 Å². The first-order chi connectivity index (χ1) is 13.1. The van der Waals surface area contributed by atoms with Gasteiger partial charge in [0.25, 0.3) is 5.91 Å². The van der Waals surface area contributed by atoms with Crippen molar-refractivity contribution in [1.29, 1.82) is 0 Å². The number of carbonyl (C=O) groups is 1. The first kappa shape index (κ1) is 18.3. The highest BCUT2D eigenvalue weighted by Crippen LogP contribution is 2.34. The minimum atomic E-state index is -0.227. The average Bonchev–Trinajstić information content (AvgIpc) is 3.35. The van der Waals surface area contributed by atoms with E-state index in [4.69, 9.17) is 19.2 Å². The van der Waals surface area contributed by atoms with Crippen molar-refractivity contribution in [3.8, 4) is 0 Å². The van der Waals surface area contributed by atoms with E-state index >= 15 is 0 Å². The number of nitrogens with zero attached hydrogens (tertiary/aromatic N) is 2. The molecule has 0 bridgehead atoms. The maximum Gasteiger partial charge on any atom is 0.298 e. The van der Waals surface area contributed by atoms with Gasteiger partial charge in [-0.15, -0.1) is 0 Å². The van der Waals surface area contributed by atoms with E-state index < -0.39 is 0 Å². The van der Waals surface area contributed by atoms with Gasteiger partial charge < -0.3 is 14.2 Å². The first-order valence-corrected chi connectivity index (χ1v) is 10.2. The summed E-state index contributed by atoms with van der Waals surface area (Å²) in [4.78, 5) is 19.7. The van der Waals surface area contributed by atoms with E-state index in [1.807, 2.05) is 6.07 Å². The van der Waals surface area contributed by atoms with Crippen molar-refractivity contribution in [2.24, 2.45) is 0 Å². The third-order valence-corrected chi connectivity index (χ3v) is 5.85. The van der Waals surface area contributed by atoms with Crippen LogP contribution in [0.2, 0.25) is 0 Å². The van der Waals surface area contributed by atoms with Crippen LogP contribution in [0.3, 0.4) is 0 Å². The quantitative estimate of drug-likeness (QED) is 0.779. The molecule has 7 heteroatoms. The molecule has 2 aliphatic rings. The van der Waals surface area contributed by atoms with Gasteiger partial charge in [-0.3, -0.25) is 9.69 Å². The smallest absolute Gasteiger partial charge is 0.298 e. The van der Waals surface area contributed by atoms with Crippen LogP contribution in [-0.4, -0.2) is 43.4 Å². The van der Waals surface area contributed by atoms with E-state index in [1.54, 1.807) is 4.90 Å². The minimum Gasteiger partial charge on any atom is -0.494 e. The molecule has 1 saturated heterocycles. The number of rotatable bonds is 5. The van der Waals surface area contributed by atoms with Crippen LogP contribution < -0.4 is 4.90 Å². The number of para-hydroxylation sites is 1. The summed E-state index contributed by atoms with van der Waals surface area (Å²) in [5.74, 6) is 0.363. The van der Waals surface area contributed by atoms with Crippen molar-refractivity contribution in [2.45, 2.75) is 38.7 Å². The number of benzene rings is 1. The van der Waals surface area contributed by atoms with Crippen molar-refractivity contribution in [3.05, 3.63) is 35.8 Å². The first-order valence-electron chi connectivity index (χ1n) is 9.41. The third kappa shape index (κ3) is 3.80. The zero-order valence-corrected chi connectivity index (χ0v) is 16.5. The lowest BCUT2D eigenvalue weighted by Crippen LogP contribution is -2.39. The minimum absolute atomic E-state index is 0.0237. The Morgan fingerprint density at radius 1 is 1.33 bits per heavy atom. The van der Waals surface area contributed by atoms with Crippen LogP contribution in [0.4, 0.5) is 5.13 Å². The lowest BCUT2D eigenvalue weighted by molar-refractivity contribution is -0.120. The normalized spacial score (nSPS) is 19.7. The molecule has 0 spiro atoms. The van der Waals surface area contributed by atoms with Crippen LogP contribution in [0.5, 0.6) is 0 Å². The molecule has 1 atom stereocenters. The van der Waals surface area contributed by atoms with Gasteiger partial charge in [0.1, 0.15) is 19.5 Å². The summed E-state index contributed by atoms with van der Waals surface area (Å²) in [6.07, 6.45) is 3.39. The van der Waals surface area contributed by atoms with Crippen LogP contribution in [0.15, 0.2) is 30.2 Å². The molecule has 6 nitrogen and oxygen atoms in total. The molecule has 27 heavy (non-hydrogen) atoms. The van der Waals surface area contributed by atoms with Crippen molar-refractivity contribution in [3.63, 3.8) is 0 Å². The molecular weight excluding hydrogens is 364 g/mol. The number of aromatic nitrogens is 1. The molecule has 2 aliphatic heterocycles. The van der Waals surface area contributed by atoms with Crippen LogP contribution in [0.1, 0.15) is 38.2 Å². The van der Waals surface area contributed by atoms with Gasteiger partial charge in [0, 0.05) is 6.61 Å². The van der Waals surface area contributed by atoms with Gasteiger partial charge >= 0.3 is 0 Å². The number of anilines is 1. The predicted octanol–water partition coefficient (Wildman–Crippen LogP) is 3.82. The van der Waals surface area contributed by atoms with Gasteiger partial charge in [-0.2, -0.15) is 0 Å². The highest BCUT2D eigenvalue weighted by Gasteiger charge is 2.30. The topological polar surface area (TPSA) is 60.9 Å². The summed E-state index contributed by atoms with van der Waals surface area (Å²) in [5, 5.41) is 0.675. The van der Waals surface area contributed by atoms with E-state index in [2.05, 4.69) is 26.0 Å². The third-order valence-electron chi connectivity index (χ3n) is 4.81. The molecule has 3 heterocycles. The highest BCUT2D eigenvalue weighted by atomic mass is 32.1. The maximum absolute atomic E-state index is 13.1. The standard InChI is InChI=1S/C20H24N2O4S/c1-13(2)15-6-3-7-17-18(15)21-20(27-17)22(11-14-5-4-8-25-14)19(23)16-12-24-9-10-26-16/h3,6-7,12-14H,4-5,8-11H2,1-2H3. The molecule has 4 rings (SSSR count). The zero-order chi connectivity index (χ0) is 18.8. The SMILES string of the molecule is CC(C)c1cccc2sc(N(CC3CCCO3)C(=O)C3=COCCO3)nc12. The van der Waals surface area contributed by atoms with Crippen molar-refractivity contribution >= 4 is 32.6 Å². The lowest BCUT2D eigenvalue weighted by Gasteiger charge is -2.25. The second-order valence-corrected chi connectivity index (χ2v) is 8.11. The van der Waals surface area contributed by atoms with Crippen LogP contribution in [0, 0.1) is 0 Å². The highest BCUT2D eigenvalue weighted by molar-refractivity contribution is 7.22. The molecule has 1 unspecified atom stereocenters. The molecular formula is C20H24N2O4S. The molecule has 144 valence electrons. The number of hydrogen-bond acceptors (Lipinski definition) is 6. The largest absolute Gasteiger partial charge is 0.494 e. The summed E-state index contributed by atoms with van der Waals surface area (Å²) in [6.45, 7) is 6.36. The van der Waals surface area contributed by atoms with Gasteiger partial charge in [-0.1, -0.05) is 37.3 Å². The number of thiazole rings is 1. The fourth-order valence-electron chi connectivity index (χ4n) is 3.39. The fourth-order valence-corrected chi connectivity index (χ4v) is 4.40. The average molecular weight is 388 g/mol. The number of ether oxygens (including phenoxy) is 3. The van der Waals surface area contributed by atoms with E-state index in [9.17, 15) is 4.79 Å². The van der Waals surface area contributed by atoms with Crippen LogP contribution >= 0.6 is 11.3 Å². The van der Waals surface area contributed by atoms with Crippen LogP contribution in [0.25, 0.3) is 10.2 Å². The molecule has 1 aromatic heterocycles. The van der Waals surface area contributed by atoms with Gasteiger partial charge in [0.2, 0.25) is 5.76 Å². The molecule has 0 radical (unpaired) electrons. The van der Waals surface area contributed by atoms with E-state index in [0.29, 0.717) is 30.8 Å². The lowest BCUT2D eigenvalue weighted by atomic mass is 10.0.